The molecule has 6 rings (SSSR count). The van der Waals surface area contributed by atoms with E-state index in [9.17, 15) is 9.59 Å². The van der Waals surface area contributed by atoms with Crippen molar-refractivity contribution in [1.82, 2.24) is 19.8 Å². The second kappa shape index (κ2) is 25.8. The van der Waals surface area contributed by atoms with E-state index >= 15 is 0 Å². The van der Waals surface area contributed by atoms with Crippen LogP contribution in [0.2, 0.25) is 0 Å². The van der Waals surface area contributed by atoms with E-state index in [4.69, 9.17) is 24.7 Å². The summed E-state index contributed by atoms with van der Waals surface area (Å²) >= 11 is 3.33. The summed E-state index contributed by atoms with van der Waals surface area (Å²) in [7, 11) is 0. The Bertz CT molecular complexity index is 2060. The van der Waals surface area contributed by atoms with Crippen LogP contribution in [0, 0.1) is 13.8 Å². The van der Waals surface area contributed by atoms with Crippen LogP contribution in [0.4, 0.5) is 26.7 Å². The fourth-order valence-corrected chi connectivity index (χ4v) is 7.45. The molecule has 2 amide bonds. The van der Waals surface area contributed by atoms with Gasteiger partial charge in [0.15, 0.2) is 0 Å². The first-order valence-electron chi connectivity index (χ1n) is 22.9. The van der Waals surface area contributed by atoms with Crippen LogP contribution in [-0.2, 0) is 25.4 Å². The van der Waals surface area contributed by atoms with E-state index in [2.05, 4.69) is 86.8 Å². The van der Waals surface area contributed by atoms with Crippen LogP contribution in [0.3, 0.4) is 0 Å². The molecule has 0 unspecified atom stereocenters. The molecule has 2 aromatic carbocycles. The Morgan fingerprint density at radius 2 is 1.12 bits per heavy atom. The van der Waals surface area contributed by atoms with Gasteiger partial charge in [-0.15, -0.1) is 0 Å². The number of pyridine rings is 2. The summed E-state index contributed by atoms with van der Waals surface area (Å²) < 4.78 is 23.3. The molecule has 0 spiro atoms. The zero-order valence-electron chi connectivity index (χ0n) is 40.9. The van der Waals surface area contributed by atoms with Crippen molar-refractivity contribution in [3.05, 3.63) is 111 Å². The Morgan fingerprint density at radius 1 is 0.652 bits per heavy atom. The van der Waals surface area contributed by atoms with Crippen LogP contribution in [0.5, 0.6) is 0 Å². The van der Waals surface area contributed by atoms with Crippen molar-refractivity contribution >= 4 is 45.2 Å². The molecular formula is C52H78BrN7O6. The molecule has 14 heteroatoms. The lowest BCUT2D eigenvalue weighted by Crippen LogP contribution is -2.50. The molecule has 4 heterocycles. The molecule has 2 fully saturated rings. The van der Waals surface area contributed by atoms with Crippen molar-refractivity contribution in [3.63, 3.8) is 0 Å². The number of hydrogen-bond donors (Lipinski definition) is 1. The zero-order valence-corrected chi connectivity index (χ0v) is 42.5. The Balaban J connectivity index is 0.000000305. The average Bonchev–Trinajstić information content (AvgIpc) is 3.23. The summed E-state index contributed by atoms with van der Waals surface area (Å²) in [6, 6.07) is 20.9. The van der Waals surface area contributed by atoms with E-state index in [1.807, 2.05) is 105 Å². The minimum Gasteiger partial charge on any atom is -0.444 e. The highest BCUT2D eigenvalue weighted by molar-refractivity contribution is 9.10. The minimum absolute atomic E-state index is 0. The second-order valence-corrected chi connectivity index (χ2v) is 19.7. The maximum absolute atomic E-state index is 12.4. The van der Waals surface area contributed by atoms with Gasteiger partial charge in [0.2, 0.25) is 6.29 Å². The Morgan fingerprint density at radius 3 is 1.53 bits per heavy atom. The molecule has 13 nitrogen and oxygen atoms in total. The molecule has 4 aromatic rings. The zero-order chi connectivity index (χ0) is 47.9. The first kappa shape index (κ1) is 55.4. The van der Waals surface area contributed by atoms with Gasteiger partial charge in [0.1, 0.15) is 11.2 Å². The highest BCUT2D eigenvalue weighted by Gasteiger charge is 2.28. The third-order valence-electron chi connectivity index (χ3n) is 10.3. The van der Waals surface area contributed by atoms with Gasteiger partial charge in [-0.2, -0.15) is 0 Å². The van der Waals surface area contributed by atoms with Gasteiger partial charge in [-0.25, -0.2) is 9.59 Å². The first-order valence-corrected chi connectivity index (χ1v) is 23.6. The lowest BCUT2D eigenvalue weighted by molar-refractivity contribution is -0.142. The minimum atomic E-state index is -0.473. The van der Waals surface area contributed by atoms with Gasteiger partial charge in [0.25, 0.3) is 0 Å². The number of rotatable bonds is 10. The summed E-state index contributed by atoms with van der Waals surface area (Å²) in [5, 5.41) is 0. The molecule has 0 saturated carbocycles. The average molecular weight is 977 g/mol. The summed E-state index contributed by atoms with van der Waals surface area (Å²) in [5.74, 6) is 0.521. The van der Waals surface area contributed by atoms with E-state index in [0.29, 0.717) is 45.3 Å². The fraction of sp³-hybridized carbons (Fsp3) is 0.538. The van der Waals surface area contributed by atoms with E-state index < -0.39 is 17.5 Å². The lowest BCUT2D eigenvalue weighted by atomic mass is 10.0. The van der Waals surface area contributed by atoms with Gasteiger partial charge in [0, 0.05) is 105 Å². The number of amides is 2. The number of carbonyl (C=O) groups excluding carboxylic acids is 2. The number of benzene rings is 2. The Labute approximate surface area is 404 Å². The Kier molecular flexibility index (Phi) is 21.7. The number of hydrogen-bond acceptors (Lipinski definition) is 11. The number of nitrogens with two attached hydrogens (primary N) is 1. The highest BCUT2D eigenvalue weighted by Crippen LogP contribution is 2.25. The standard InChI is InChI=1S/C27H39N3O4.C16H25N3O2.C8H10BrN.CH4/c1-7-32-25(33-8-2)24-10-9-21(19-28-24)17-22-15-20(3)16-23(18-22)29-11-13-30(14-12-29)26(31)34-27(4,5)6;1-12-9-13(17)11-14(10-12)18-5-7-19(8-6-18)15(20)21-16(2,3)4;1-6(2)8-4-3-7(9)5-10-8;/h9-10,15-16,18-19,25H,7-8,11-14,17H2,1-6H3;9-11H,5-8,17H2,1-4H3;3-6H,1-2H3;1H4. The molecule has 2 aliphatic heterocycles. The largest absolute Gasteiger partial charge is 0.444 e. The van der Waals surface area contributed by atoms with Crippen LogP contribution in [0.15, 0.2) is 77.5 Å². The molecule has 0 aliphatic carbocycles. The van der Waals surface area contributed by atoms with Crippen LogP contribution in [0.25, 0.3) is 0 Å². The molecule has 2 N–H and O–H groups in total. The molecule has 364 valence electrons. The predicted molar refractivity (Wildman–Crippen MR) is 273 cm³/mol. The van der Waals surface area contributed by atoms with E-state index in [-0.39, 0.29) is 19.6 Å². The number of anilines is 3. The van der Waals surface area contributed by atoms with Gasteiger partial charge in [0.05, 0.1) is 5.69 Å². The van der Waals surface area contributed by atoms with Crippen LogP contribution in [-0.4, -0.2) is 109 Å². The smallest absolute Gasteiger partial charge is 0.410 e. The predicted octanol–water partition coefficient (Wildman–Crippen LogP) is 11.3. The van der Waals surface area contributed by atoms with Crippen molar-refractivity contribution < 1.29 is 28.5 Å². The normalized spacial score (nSPS) is 14.2. The molecule has 66 heavy (non-hydrogen) atoms. The number of nitrogens with zero attached hydrogens (tertiary/aromatic N) is 6. The van der Waals surface area contributed by atoms with Crippen molar-refractivity contribution in [1.29, 1.82) is 0 Å². The number of aryl methyl sites for hydroxylation is 2. The third kappa shape index (κ3) is 18.8. The van der Waals surface area contributed by atoms with Crippen LogP contribution in [0.1, 0.15) is 123 Å². The number of halogens is 1. The van der Waals surface area contributed by atoms with Crippen LogP contribution < -0.4 is 15.5 Å². The number of nitrogen functional groups attached to an aromatic ring is 1. The molecule has 2 aromatic heterocycles. The van der Waals surface area contributed by atoms with Gasteiger partial charge >= 0.3 is 12.2 Å². The summed E-state index contributed by atoms with van der Waals surface area (Å²) in [6.45, 7) is 30.7. The van der Waals surface area contributed by atoms with Crippen molar-refractivity contribution in [2.45, 2.75) is 120 Å². The number of aromatic nitrogens is 2. The topological polar surface area (TPSA) is 136 Å². The lowest BCUT2D eigenvalue weighted by Gasteiger charge is -2.37. The monoisotopic (exact) mass is 976 g/mol. The maximum atomic E-state index is 12.4. The van der Waals surface area contributed by atoms with E-state index in [1.165, 1.54) is 16.8 Å². The molecule has 0 radical (unpaired) electrons. The number of carbonyl (C=O) groups is 2. The quantitative estimate of drug-likeness (QED) is 0.120. The van der Waals surface area contributed by atoms with Crippen LogP contribution >= 0.6 is 15.9 Å². The molecule has 2 saturated heterocycles. The SMILES string of the molecule is C.CC(C)c1ccc(Br)cn1.CCOC(OCC)c1ccc(Cc2cc(C)cc(N3CCN(C(=O)OC(C)(C)C)CC3)c2)cn1.Cc1cc(N)cc(N2CCN(C(=O)OC(C)(C)C)CC2)c1. The third-order valence-corrected chi connectivity index (χ3v) is 10.7. The van der Waals surface area contributed by atoms with Gasteiger partial charge in [-0.05, 0) is 168 Å². The number of ether oxygens (including phenoxy) is 4. The fourth-order valence-electron chi connectivity index (χ4n) is 7.21. The summed E-state index contributed by atoms with van der Waals surface area (Å²) in [6.07, 6.45) is 3.65. The molecular weight excluding hydrogens is 899 g/mol. The maximum Gasteiger partial charge on any atom is 0.410 e. The van der Waals surface area contributed by atoms with Crippen molar-refractivity contribution in [2.75, 3.05) is 81.1 Å². The van der Waals surface area contributed by atoms with Crippen molar-refractivity contribution in [3.8, 4) is 0 Å². The van der Waals surface area contributed by atoms with Gasteiger partial charge in [-0.3, -0.25) is 9.97 Å². The molecule has 0 atom stereocenters. The summed E-state index contributed by atoms with van der Waals surface area (Å²) in [4.78, 5) is 41.4. The van der Waals surface area contributed by atoms with E-state index in [0.717, 1.165) is 71.0 Å². The molecule has 0 bridgehead atoms. The van der Waals surface area contributed by atoms with Gasteiger partial charge < -0.3 is 44.3 Å². The number of piperazine rings is 2. The van der Waals surface area contributed by atoms with Gasteiger partial charge in [-0.1, -0.05) is 33.4 Å². The van der Waals surface area contributed by atoms with Crippen molar-refractivity contribution in [2.24, 2.45) is 0 Å². The highest BCUT2D eigenvalue weighted by atomic mass is 79.9. The second-order valence-electron chi connectivity index (χ2n) is 18.8. The first-order chi connectivity index (χ1) is 30.6. The summed E-state index contributed by atoms with van der Waals surface area (Å²) in [5.41, 5.74) is 14.8. The molecule has 2 aliphatic rings. The Hall–Kier alpha value is -4.92. The van der Waals surface area contributed by atoms with E-state index in [1.54, 1.807) is 9.80 Å².